The fourth-order valence-electron chi connectivity index (χ4n) is 8.51. The predicted molar refractivity (Wildman–Crippen MR) is 121 cm³/mol. The van der Waals surface area contributed by atoms with Crippen LogP contribution in [-0.2, 0) is 9.22 Å². The topological polar surface area (TPSA) is 26.3 Å². The molecule has 0 amide bonds. The van der Waals surface area contributed by atoms with Crippen LogP contribution in [0.15, 0.2) is 11.6 Å². The summed E-state index contributed by atoms with van der Waals surface area (Å²) in [5.41, 5.74) is 2.11. The number of allylic oxidation sites excluding steroid dienone is 2. The van der Waals surface area contributed by atoms with Crippen molar-refractivity contribution in [3.63, 3.8) is 0 Å². The molecule has 0 heterocycles. The summed E-state index contributed by atoms with van der Waals surface area (Å²) in [6.45, 7) is 19.4. The van der Waals surface area contributed by atoms with Crippen LogP contribution >= 0.6 is 0 Å². The van der Waals surface area contributed by atoms with Crippen LogP contribution in [0.2, 0.25) is 18.1 Å². The molecule has 4 saturated carbocycles. The number of hydrogen-bond acceptors (Lipinski definition) is 2. The average Bonchev–Trinajstić information content (AvgIpc) is 3.18. The van der Waals surface area contributed by atoms with Gasteiger partial charge in [0.05, 0.1) is 11.0 Å². The number of carbonyl (C=O) groups is 1. The van der Waals surface area contributed by atoms with Gasteiger partial charge in [0, 0.05) is 11.8 Å². The molecule has 162 valence electrons. The standard InChI is InChI=1S/C26H42O2Si/c1-17-15-25-10-9-19-23(5,20(25)13-18(17)14-21(25)27)11-12-26(16-24(19,26)6)28-29(7,8)22(2,3)4/h15,18-20H,9-14,16H2,1-8H3/t18-,19+,20+,23-,24+,25+,26+/m0/s1. The highest BCUT2D eigenvalue weighted by molar-refractivity contribution is 6.74. The highest BCUT2D eigenvalue weighted by atomic mass is 28.4. The zero-order valence-corrected chi connectivity index (χ0v) is 21.1. The van der Waals surface area contributed by atoms with Crippen LogP contribution in [0, 0.1) is 34.0 Å². The van der Waals surface area contributed by atoms with Gasteiger partial charge in [-0.05, 0) is 86.7 Å². The second kappa shape index (κ2) is 5.49. The normalized spacial score (nSPS) is 51.1. The molecule has 7 atom stereocenters. The van der Waals surface area contributed by atoms with Gasteiger partial charge in [-0.15, -0.1) is 0 Å². The molecule has 6 rings (SSSR count). The first-order valence-electron chi connectivity index (χ1n) is 12.1. The molecule has 2 nitrogen and oxygen atoms in total. The number of ketones is 1. The Morgan fingerprint density at radius 3 is 2.45 bits per heavy atom. The molecular formula is C26H42O2Si. The molecule has 1 spiro atoms. The number of hydrogen-bond donors (Lipinski definition) is 0. The maximum atomic E-state index is 13.2. The molecule has 0 aromatic carbocycles. The maximum absolute atomic E-state index is 13.2. The Labute approximate surface area is 179 Å². The smallest absolute Gasteiger partial charge is 0.192 e. The van der Waals surface area contributed by atoms with Crippen molar-refractivity contribution in [2.75, 3.05) is 0 Å². The first-order chi connectivity index (χ1) is 13.2. The quantitative estimate of drug-likeness (QED) is 0.362. The van der Waals surface area contributed by atoms with E-state index in [0.717, 1.165) is 12.8 Å². The van der Waals surface area contributed by atoms with Gasteiger partial charge in [-0.1, -0.05) is 46.3 Å². The van der Waals surface area contributed by atoms with E-state index >= 15 is 0 Å². The van der Waals surface area contributed by atoms with Gasteiger partial charge in [0.2, 0.25) is 0 Å². The lowest BCUT2D eigenvalue weighted by molar-refractivity contribution is -0.165. The minimum absolute atomic E-state index is 0.119. The molecule has 6 aliphatic carbocycles. The van der Waals surface area contributed by atoms with E-state index in [1.807, 2.05) is 0 Å². The zero-order chi connectivity index (χ0) is 21.3. The van der Waals surface area contributed by atoms with Gasteiger partial charge in [0.25, 0.3) is 0 Å². The SMILES string of the molecule is CC1=C[C@]23CC[C@@H]4[C@](C)(CC[C@@]5(O[Si](C)(C)C(C)(C)C)C[C@]45C)[C@H]2C[C@H]1CC3=O. The summed E-state index contributed by atoms with van der Waals surface area (Å²) in [5, 5.41) is 0.264. The Morgan fingerprint density at radius 1 is 1.10 bits per heavy atom. The molecule has 3 heteroatoms. The Hall–Kier alpha value is -0.413. The lowest BCUT2D eigenvalue weighted by atomic mass is 9.39. The minimum Gasteiger partial charge on any atom is -0.411 e. The van der Waals surface area contributed by atoms with Crippen molar-refractivity contribution in [2.45, 2.75) is 110 Å². The third kappa shape index (κ3) is 2.35. The Morgan fingerprint density at radius 2 is 1.79 bits per heavy atom. The second-order valence-corrected chi connectivity index (χ2v) is 18.3. The summed E-state index contributed by atoms with van der Waals surface area (Å²) in [7, 11) is -1.78. The molecule has 2 bridgehead atoms. The number of rotatable bonds is 2. The fraction of sp³-hybridized carbons (Fsp3) is 0.885. The van der Waals surface area contributed by atoms with Crippen LogP contribution in [0.3, 0.4) is 0 Å². The summed E-state index contributed by atoms with van der Waals surface area (Å²) < 4.78 is 7.20. The number of Topliss-reactive ketones (excluding diaryl/α,β-unsaturated/α-hetero) is 1. The molecule has 29 heavy (non-hydrogen) atoms. The largest absolute Gasteiger partial charge is 0.411 e. The van der Waals surface area contributed by atoms with Crippen LogP contribution < -0.4 is 0 Å². The first kappa shape index (κ1) is 20.5. The van der Waals surface area contributed by atoms with Gasteiger partial charge in [0.15, 0.2) is 8.32 Å². The molecule has 0 aliphatic heterocycles. The Balaban J connectivity index is 1.48. The van der Waals surface area contributed by atoms with Crippen molar-refractivity contribution < 1.29 is 9.22 Å². The van der Waals surface area contributed by atoms with Crippen LogP contribution in [0.5, 0.6) is 0 Å². The Bertz CT molecular complexity index is 806. The Kier molecular flexibility index (Phi) is 3.88. The van der Waals surface area contributed by atoms with Gasteiger partial charge >= 0.3 is 0 Å². The van der Waals surface area contributed by atoms with Crippen molar-refractivity contribution in [2.24, 2.45) is 34.0 Å². The van der Waals surface area contributed by atoms with E-state index in [-0.39, 0.29) is 16.1 Å². The van der Waals surface area contributed by atoms with E-state index in [4.69, 9.17) is 4.43 Å². The van der Waals surface area contributed by atoms with E-state index in [0.29, 0.717) is 34.4 Å². The van der Waals surface area contributed by atoms with E-state index in [2.05, 4.69) is 60.7 Å². The average molecular weight is 415 g/mol. The van der Waals surface area contributed by atoms with Crippen molar-refractivity contribution in [1.82, 2.24) is 0 Å². The predicted octanol–water partition coefficient (Wildman–Crippen LogP) is 6.91. The van der Waals surface area contributed by atoms with Gasteiger partial charge in [-0.25, -0.2) is 0 Å². The second-order valence-electron chi connectivity index (χ2n) is 13.6. The molecule has 0 unspecified atom stereocenters. The van der Waals surface area contributed by atoms with Crippen molar-refractivity contribution in [1.29, 1.82) is 0 Å². The van der Waals surface area contributed by atoms with Crippen molar-refractivity contribution in [3.8, 4) is 0 Å². The van der Waals surface area contributed by atoms with E-state index in [1.165, 1.54) is 37.7 Å². The number of fused-ring (bicyclic) bond motifs is 4. The van der Waals surface area contributed by atoms with E-state index < -0.39 is 8.32 Å². The van der Waals surface area contributed by atoms with Crippen LogP contribution in [-0.4, -0.2) is 19.7 Å². The lowest BCUT2D eigenvalue weighted by Gasteiger charge is -2.64. The first-order valence-corrected chi connectivity index (χ1v) is 15.0. The van der Waals surface area contributed by atoms with Gasteiger partial charge in [-0.2, -0.15) is 0 Å². The third-order valence-electron chi connectivity index (χ3n) is 11.3. The summed E-state index contributed by atoms with van der Waals surface area (Å²) in [5.74, 6) is 2.36. The maximum Gasteiger partial charge on any atom is 0.192 e. The molecule has 6 aliphatic rings. The molecular weight excluding hydrogens is 372 g/mol. The molecule has 0 aromatic heterocycles. The van der Waals surface area contributed by atoms with E-state index in [9.17, 15) is 4.79 Å². The fourth-order valence-corrected chi connectivity index (χ4v) is 10.2. The summed E-state index contributed by atoms with van der Waals surface area (Å²) in [4.78, 5) is 13.2. The summed E-state index contributed by atoms with van der Waals surface area (Å²) >= 11 is 0. The van der Waals surface area contributed by atoms with Gasteiger partial charge in [-0.3, -0.25) is 4.79 Å². The number of carbonyl (C=O) groups excluding carboxylic acids is 1. The van der Waals surface area contributed by atoms with Gasteiger partial charge in [0.1, 0.15) is 5.78 Å². The highest BCUT2D eigenvalue weighted by Gasteiger charge is 2.78. The summed E-state index contributed by atoms with van der Waals surface area (Å²) in [6.07, 6.45) is 10.5. The molecule has 0 radical (unpaired) electrons. The molecule has 0 aromatic rings. The zero-order valence-electron chi connectivity index (χ0n) is 20.1. The molecule has 4 fully saturated rings. The molecule has 0 saturated heterocycles. The van der Waals surface area contributed by atoms with Crippen LogP contribution in [0.4, 0.5) is 0 Å². The van der Waals surface area contributed by atoms with Crippen molar-refractivity contribution >= 4 is 14.1 Å². The van der Waals surface area contributed by atoms with Crippen molar-refractivity contribution in [3.05, 3.63) is 11.6 Å². The minimum atomic E-state index is -1.78. The monoisotopic (exact) mass is 414 g/mol. The van der Waals surface area contributed by atoms with Gasteiger partial charge < -0.3 is 4.43 Å². The van der Waals surface area contributed by atoms with E-state index in [1.54, 1.807) is 0 Å². The lowest BCUT2D eigenvalue weighted by Crippen LogP contribution is -2.62. The van der Waals surface area contributed by atoms with Crippen LogP contribution in [0.1, 0.15) is 86.5 Å². The highest BCUT2D eigenvalue weighted by Crippen LogP contribution is 2.79. The summed E-state index contributed by atoms with van der Waals surface area (Å²) in [6, 6.07) is 0. The molecule has 0 N–H and O–H groups in total. The third-order valence-corrected chi connectivity index (χ3v) is 15.8. The van der Waals surface area contributed by atoms with Crippen LogP contribution in [0.25, 0.3) is 0 Å².